The van der Waals surface area contributed by atoms with Gasteiger partial charge >= 0.3 is 0 Å². The molecule has 4 heteroatoms. The van der Waals surface area contributed by atoms with Crippen molar-refractivity contribution in [3.8, 4) is 0 Å². The van der Waals surface area contributed by atoms with Gasteiger partial charge in [-0.3, -0.25) is 0 Å². The summed E-state index contributed by atoms with van der Waals surface area (Å²) in [4.78, 5) is 4.36. The van der Waals surface area contributed by atoms with Crippen molar-refractivity contribution >= 4 is 11.3 Å². The van der Waals surface area contributed by atoms with Gasteiger partial charge in [0.15, 0.2) is 0 Å². The molecule has 1 N–H and O–H groups in total. The molecule has 0 bridgehead atoms. The van der Waals surface area contributed by atoms with Crippen LogP contribution in [0, 0.1) is 0 Å². The zero-order valence-electron chi connectivity index (χ0n) is 11.4. The molecule has 2 rings (SSSR count). The Labute approximate surface area is 118 Å². The first-order chi connectivity index (χ1) is 9.31. The fourth-order valence-electron chi connectivity index (χ4n) is 2.01. The fourth-order valence-corrected chi connectivity index (χ4v) is 2.71. The number of nitrogens with one attached hydrogen (secondary N) is 1. The Kier molecular flexibility index (Phi) is 5.51. The van der Waals surface area contributed by atoms with E-state index in [1.807, 2.05) is 17.6 Å². The maximum Gasteiger partial charge on any atom is 0.0965 e. The van der Waals surface area contributed by atoms with Crippen LogP contribution in [-0.2, 0) is 4.74 Å². The molecule has 2 atom stereocenters. The third-order valence-electron chi connectivity index (χ3n) is 3.08. The van der Waals surface area contributed by atoms with Gasteiger partial charge in [0.25, 0.3) is 0 Å². The van der Waals surface area contributed by atoms with Crippen LogP contribution in [0.3, 0.4) is 0 Å². The SMILES string of the molecule is COCC(NCC(C)c1nccs1)c1ccccc1. The Morgan fingerprint density at radius 3 is 2.74 bits per heavy atom. The van der Waals surface area contributed by atoms with E-state index in [0.29, 0.717) is 12.5 Å². The zero-order valence-corrected chi connectivity index (χ0v) is 12.2. The molecule has 0 radical (unpaired) electrons. The second-order valence-corrected chi connectivity index (χ2v) is 5.52. The van der Waals surface area contributed by atoms with Gasteiger partial charge in [0.2, 0.25) is 0 Å². The molecule has 19 heavy (non-hydrogen) atoms. The molecule has 3 nitrogen and oxygen atoms in total. The van der Waals surface area contributed by atoms with Crippen LogP contribution < -0.4 is 5.32 Å². The van der Waals surface area contributed by atoms with E-state index in [4.69, 9.17) is 4.74 Å². The van der Waals surface area contributed by atoms with Crippen molar-refractivity contribution in [1.82, 2.24) is 10.3 Å². The van der Waals surface area contributed by atoms with Gasteiger partial charge in [-0.1, -0.05) is 37.3 Å². The Bertz CT molecular complexity index is 458. The second kappa shape index (κ2) is 7.38. The molecular formula is C15H20N2OS. The Balaban J connectivity index is 1.94. The summed E-state index contributed by atoms with van der Waals surface area (Å²) in [5.41, 5.74) is 1.26. The van der Waals surface area contributed by atoms with Crippen molar-refractivity contribution in [3.05, 3.63) is 52.5 Å². The smallest absolute Gasteiger partial charge is 0.0965 e. The number of hydrogen-bond donors (Lipinski definition) is 1. The molecule has 1 aromatic heterocycles. The molecule has 2 aromatic rings. The van der Waals surface area contributed by atoms with Gasteiger partial charge in [0.05, 0.1) is 17.7 Å². The third-order valence-corrected chi connectivity index (χ3v) is 4.09. The third kappa shape index (κ3) is 4.13. The average molecular weight is 276 g/mol. The Morgan fingerprint density at radius 2 is 2.11 bits per heavy atom. The van der Waals surface area contributed by atoms with Crippen LogP contribution in [0.1, 0.15) is 29.5 Å². The number of aromatic nitrogens is 1. The van der Waals surface area contributed by atoms with Crippen LogP contribution in [0.4, 0.5) is 0 Å². The quantitative estimate of drug-likeness (QED) is 0.843. The van der Waals surface area contributed by atoms with Crippen molar-refractivity contribution in [3.63, 3.8) is 0 Å². The molecule has 0 spiro atoms. The number of benzene rings is 1. The van der Waals surface area contributed by atoms with Crippen LogP contribution in [-0.4, -0.2) is 25.2 Å². The molecule has 2 unspecified atom stereocenters. The second-order valence-electron chi connectivity index (χ2n) is 4.60. The lowest BCUT2D eigenvalue weighted by Crippen LogP contribution is -2.28. The summed E-state index contributed by atoms with van der Waals surface area (Å²) in [5, 5.41) is 6.77. The minimum Gasteiger partial charge on any atom is -0.383 e. The van der Waals surface area contributed by atoms with E-state index in [0.717, 1.165) is 6.54 Å². The number of methoxy groups -OCH3 is 1. The molecule has 0 saturated carbocycles. The zero-order chi connectivity index (χ0) is 13.5. The van der Waals surface area contributed by atoms with Crippen LogP contribution in [0.25, 0.3) is 0 Å². The first-order valence-electron chi connectivity index (χ1n) is 6.48. The minimum absolute atomic E-state index is 0.230. The minimum atomic E-state index is 0.230. The van der Waals surface area contributed by atoms with Gasteiger partial charge in [-0.2, -0.15) is 0 Å². The predicted molar refractivity (Wildman–Crippen MR) is 79.6 cm³/mol. The van der Waals surface area contributed by atoms with Crippen LogP contribution in [0.15, 0.2) is 41.9 Å². The highest BCUT2D eigenvalue weighted by Crippen LogP contribution is 2.19. The molecular weight excluding hydrogens is 256 g/mol. The maximum atomic E-state index is 5.31. The number of ether oxygens (including phenoxy) is 1. The summed E-state index contributed by atoms with van der Waals surface area (Å²) in [7, 11) is 1.74. The van der Waals surface area contributed by atoms with Gasteiger partial charge in [0.1, 0.15) is 0 Å². The fraction of sp³-hybridized carbons (Fsp3) is 0.400. The summed E-state index contributed by atoms with van der Waals surface area (Å²) >= 11 is 1.71. The van der Waals surface area contributed by atoms with Crippen LogP contribution in [0.5, 0.6) is 0 Å². The summed E-state index contributed by atoms with van der Waals surface area (Å²) in [5.74, 6) is 0.420. The summed E-state index contributed by atoms with van der Waals surface area (Å²) in [6.07, 6.45) is 1.86. The standard InChI is InChI=1S/C15H20N2OS/c1-12(15-16-8-9-19-15)10-17-14(11-18-2)13-6-4-3-5-7-13/h3-9,12,14,17H,10-11H2,1-2H3. The molecule has 0 amide bonds. The molecule has 1 aromatic carbocycles. The predicted octanol–water partition coefficient (Wildman–Crippen LogP) is 3.22. The van der Waals surface area contributed by atoms with E-state index < -0.39 is 0 Å². The van der Waals surface area contributed by atoms with Gasteiger partial charge in [-0.25, -0.2) is 4.98 Å². The van der Waals surface area contributed by atoms with E-state index in [1.165, 1.54) is 10.6 Å². The Hall–Kier alpha value is -1.23. The monoisotopic (exact) mass is 276 g/mol. The Morgan fingerprint density at radius 1 is 1.32 bits per heavy atom. The topological polar surface area (TPSA) is 34.1 Å². The number of rotatable bonds is 7. The van der Waals surface area contributed by atoms with E-state index in [2.05, 4.69) is 41.5 Å². The molecule has 1 heterocycles. The molecule has 102 valence electrons. The van der Waals surface area contributed by atoms with Gasteiger partial charge in [0, 0.05) is 31.1 Å². The number of hydrogen-bond acceptors (Lipinski definition) is 4. The largest absolute Gasteiger partial charge is 0.383 e. The molecule has 0 aliphatic heterocycles. The highest BCUT2D eigenvalue weighted by atomic mass is 32.1. The molecule has 0 aliphatic carbocycles. The average Bonchev–Trinajstić information content (AvgIpc) is 2.98. The van der Waals surface area contributed by atoms with Gasteiger partial charge in [-0.15, -0.1) is 11.3 Å². The van der Waals surface area contributed by atoms with E-state index in [-0.39, 0.29) is 6.04 Å². The molecule has 0 fully saturated rings. The van der Waals surface area contributed by atoms with Crippen molar-refractivity contribution in [2.24, 2.45) is 0 Å². The van der Waals surface area contributed by atoms with Crippen LogP contribution in [0.2, 0.25) is 0 Å². The highest BCUT2D eigenvalue weighted by Gasteiger charge is 2.14. The summed E-state index contributed by atoms with van der Waals surface area (Å²) in [6.45, 7) is 3.77. The highest BCUT2D eigenvalue weighted by molar-refractivity contribution is 7.09. The summed E-state index contributed by atoms with van der Waals surface area (Å²) < 4.78 is 5.31. The van der Waals surface area contributed by atoms with E-state index >= 15 is 0 Å². The lowest BCUT2D eigenvalue weighted by atomic mass is 10.1. The first kappa shape index (κ1) is 14.2. The first-order valence-corrected chi connectivity index (χ1v) is 7.36. The normalized spacial score (nSPS) is 14.2. The lowest BCUT2D eigenvalue weighted by Gasteiger charge is -2.20. The van der Waals surface area contributed by atoms with Gasteiger partial charge < -0.3 is 10.1 Å². The van der Waals surface area contributed by atoms with Crippen molar-refractivity contribution in [2.45, 2.75) is 18.9 Å². The molecule has 0 saturated heterocycles. The van der Waals surface area contributed by atoms with Crippen molar-refractivity contribution < 1.29 is 4.74 Å². The maximum absolute atomic E-state index is 5.31. The van der Waals surface area contributed by atoms with Gasteiger partial charge in [-0.05, 0) is 5.56 Å². The number of nitrogens with zero attached hydrogens (tertiary/aromatic N) is 1. The summed E-state index contributed by atoms with van der Waals surface area (Å²) in [6, 6.07) is 10.6. The van der Waals surface area contributed by atoms with Crippen LogP contribution >= 0.6 is 11.3 Å². The lowest BCUT2D eigenvalue weighted by molar-refractivity contribution is 0.166. The number of thiazole rings is 1. The van der Waals surface area contributed by atoms with E-state index in [1.54, 1.807) is 18.4 Å². The van der Waals surface area contributed by atoms with Crippen molar-refractivity contribution in [2.75, 3.05) is 20.3 Å². The molecule has 0 aliphatic rings. The van der Waals surface area contributed by atoms with E-state index in [9.17, 15) is 0 Å². The van der Waals surface area contributed by atoms with Crippen molar-refractivity contribution in [1.29, 1.82) is 0 Å².